The van der Waals surface area contributed by atoms with Crippen LogP contribution in [-0.2, 0) is 0 Å². The van der Waals surface area contributed by atoms with E-state index >= 15 is 0 Å². The lowest BCUT2D eigenvalue weighted by molar-refractivity contribution is 0.0697. The highest BCUT2D eigenvalue weighted by Gasteiger charge is 2.15. The van der Waals surface area contributed by atoms with Gasteiger partial charge in [0.25, 0.3) is 0 Å². The molecule has 0 spiro atoms. The van der Waals surface area contributed by atoms with Crippen LogP contribution in [0.25, 0.3) is 10.9 Å². The second-order valence-corrected chi connectivity index (χ2v) is 3.87. The van der Waals surface area contributed by atoms with Crippen LogP contribution in [0.3, 0.4) is 0 Å². The van der Waals surface area contributed by atoms with Crippen molar-refractivity contribution in [3.8, 4) is 0 Å². The highest BCUT2D eigenvalue weighted by molar-refractivity contribution is 7.80. The first-order valence-electron chi connectivity index (χ1n) is 4.92. The van der Waals surface area contributed by atoms with Gasteiger partial charge in [0.05, 0.1) is 22.2 Å². The molecule has 8 heteroatoms. The van der Waals surface area contributed by atoms with Crippen molar-refractivity contribution >= 4 is 39.9 Å². The molecular weight excluding hydrogens is 259 g/mol. The van der Waals surface area contributed by atoms with E-state index < -0.39 is 11.9 Å². The monoisotopic (exact) mass is 268 g/mol. The van der Waals surface area contributed by atoms with Crippen LogP contribution in [0.1, 0.15) is 10.4 Å². The predicted molar refractivity (Wildman–Crippen MR) is 68.3 cm³/mol. The molecule has 0 saturated carbocycles. The number of aromatic nitrogens is 2. The molecule has 0 atom stereocenters. The number of benzene rings is 1. The minimum Gasteiger partial charge on any atom is -0.478 e. The number of hydrogen-bond acceptors (Lipinski definition) is 3. The van der Waals surface area contributed by atoms with Gasteiger partial charge in [-0.3, -0.25) is 5.10 Å². The van der Waals surface area contributed by atoms with Crippen molar-refractivity contribution in [2.45, 2.75) is 0 Å². The number of hydrogen-bond donors (Lipinski definition) is 4. The second kappa shape index (κ2) is 4.57. The topological polar surface area (TPSA) is 90.0 Å². The van der Waals surface area contributed by atoms with Crippen LogP contribution in [0.4, 0.5) is 10.1 Å². The first-order valence-corrected chi connectivity index (χ1v) is 5.33. The molecule has 2 rings (SSSR count). The summed E-state index contributed by atoms with van der Waals surface area (Å²) in [4.78, 5) is 11.0. The number of thiocarbonyl (C=S) groups is 1. The van der Waals surface area contributed by atoms with Crippen LogP contribution in [0, 0.1) is 5.95 Å². The Morgan fingerprint density at radius 2 is 2.28 bits per heavy atom. The molecule has 6 nitrogen and oxygen atoms in total. The molecular formula is C10H9FN4O2S. The first-order chi connectivity index (χ1) is 8.52. The summed E-state index contributed by atoms with van der Waals surface area (Å²) in [5.74, 6) is -1.78. The molecule has 0 aliphatic carbocycles. The van der Waals surface area contributed by atoms with E-state index in [1.54, 1.807) is 7.05 Å². The third-order valence-corrected chi connectivity index (χ3v) is 2.64. The number of anilines is 1. The maximum Gasteiger partial charge on any atom is 0.335 e. The van der Waals surface area contributed by atoms with Gasteiger partial charge in [-0.15, -0.1) is 0 Å². The Morgan fingerprint density at radius 1 is 1.56 bits per heavy atom. The molecule has 94 valence electrons. The van der Waals surface area contributed by atoms with Crippen LogP contribution >= 0.6 is 12.2 Å². The van der Waals surface area contributed by atoms with Crippen molar-refractivity contribution in [1.82, 2.24) is 15.5 Å². The standard InChI is InChI=1S/C10H9FN4O2S/c1-12-10(18)13-5-2-4(9(16)17)3-6-7(5)8(11)15-14-6/h2-3H,1H3,(H,14,15)(H,16,17)(H2,12,13,18). The zero-order chi connectivity index (χ0) is 13.3. The van der Waals surface area contributed by atoms with Crippen molar-refractivity contribution in [3.05, 3.63) is 23.6 Å². The average molecular weight is 268 g/mol. The molecule has 0 aliphatic heterocycles. The van der Waals surface area contributed by atoms with Gasteiger partial charge in [0.2, 0.25) is 5.95 Å². The minimum atomic E-state index is -1.13. The predicted octanol–water partition coefficient (Wildman–Crippen LogP) is 1.32. The molecule has 0 radical (unpaired) electrons. The van der Waals surface area contributed by atoms with Crippen LogP contribution in [0.15, 0.2) is 12.1 Å². The van der Waals surface area contributed by atoms with Crippen LogP contribution < -0.4 is 10.6 Å². The molecule has 1 aromatic carbocycles. The smallest absolute Gasteiger partial charge is 0.335 e. The fourth-order valence-electron chi connectivity index (χ4n) is 1.52. The molecule has 0 aliphatic rings. The van der Waals surface area contributed by atoms with Gasteiger partial charge in [-0.05, 0) is 24.4 Å². The molecule has 18 heavy (non-hydrogen) atoms. The molecule has 0 fully saturated rings. The van der Waals surface area contributed by atoms with E-state index in [1.165, 1.54) is 12.1 Å². The third kappa shape index (κ3) is 2.09. The van der Waals surface area contributed by atoms with Crippen LogP contribution in [0.2, 0.25) is 0 Å². The zero-order valence-electron chi connectivity index (χ0n) is 9.24. The Hall–Kier alpha value is -2.22. The van der Waals surface area contributed by atoms with E-state index in [4.69, 9.17) is 17.3 Å². The Kier molecular flexibility index (Phi) is 3.11. The summed E-state index contributed by atoms with van der Waals surface area (Å²) in [7, 11) is 1.60. The van der Waals surface area contributed by atoms with Crippen molar-refractivity contribution in [2.75, 3.05) is 12.4 Å². The van der Waals surface area contributed by atoms with Gasteiger partial charge in [0.1, 0.15) is 0 Å². The lowest BCUT2D eigenvalue weighted by Crippen LogP contribution is -2.24. The Balaban J connectivity index is 2.62. The van der Waals surface area contributed by atoms with E-state index in [2.05, 4.69) is 20.8 Å². The van der Waals surface area contributed by atoms with E-state index in [0.717, 1.165) is 0 Å². The average Bonchev–Trinajstić information content (AvgIpc) is 2.71. The van der Waals surface area contributed by atoms with Crippen LogP contribution in [-0.4, -0.2) is 33.4 Å². The number of nitrogens with zero attached hydrogens (tertiary/aromatic N) is 1. The molecule has 4 N–H and O–H groups in total. The summed E-state index contributed by atoms with van der Waals surface area (Å²) < 4.78 is 13.5. The Labute approximate surface area is 106 Å². The zero-order valence-corrected chi connectivity index (χ0v) is 10.1. The number of H-pyrrole nitrogens is 1. The minimum absolute atomic E-state index is 0.00426. The molecule has 1 heterocycles. The van der Waals surface area contributed by atoms with Crippen molar-refractivity contribution in [3.63, 3.8) is 0 Å². The largest absolute Gasteiger partial charge is 0.478 e. The van der Waals surface area contributed by atoms with Gasteiger partial charge < -0.3 is 15.7 Å². The van der Waals surface area contributed by atoms with Gasteiger partial charge in [0.15, 0.2) is 5.11 Å². The summed E-state index contributed by atoms with van der Waals surface area (Å²) in [6.07, 6.45) is 0. The van der Waals surface area contributed by atoms with Gasteiger partial charge in [-0.1, -0.05) is 0 Å². The van der Waals surface area contributed by atoms with Crippen molar-refractivity contribution in [1.29, 1.82) is 0 Å². The number of aromatic amines is 1. The van der Waals surface area contributed by atoms with Crippen molar-refractivity contribution < 1.29 is 14.3 Å². The quantitative estimate of drug-likeness (QED) is 0.614. The number of nitrogens with one attached hydrogen (secondary N) is 3. The molecule has 2 aromatic rings. The van der Waals surface area contributed by atoms with Crippen LogP contribution in [0.5, 0.6) is 0 Å². The molecule has 0 bridgehead atoms. The molecule has 0 saturated heterocycles. The van der Waals surface area contributed by atoms with Gasteiger partial charge in [0, 0.05) is 7.05 Å². The van der Waals surface area contributed by atoms with Gasteiger partial charge in [-0.25, -0.2) is 4.79 Å². The number of aromatic carboxylic acids is 1. The Morgan fingerprint density at radius 3 is 2.89 bits per heavy atom. The fourth-order valence-corrected chi connectivity index (χ4v) is 1.63. The lowest BCUT2D eigenvalue weighted by atomic mass is 10.1. The van der Waals surface area contributed by atoms with E-state index in [0.29, 0.717) is 0 Å². The number of halogens is 1. The van der Waals surface area contributed by atoms with Crippen molar-refractivity contribution in [2.24, 2.45) is 0 Å². The molecule has 0 unspecified atom stereocenters. The number of carbonyl (C=O) groups is 1. The maximum absolute atomic E-state index is 13.5. The second-order valence-electron chi connectivity index (χ2n) is 3.46. The normalized spacial score (nSPS) is 10.3. The van der Waals surface area contributed by atoms with Gasteiger partial charge >= 0.3 is 5.97 Å². The van der Waals surface area contributed by atoms with E-state index in [9.17, 15) is 9.18 Å². The summed E-state index contributed by atoms with van der Waals surface area (Å²) in [6, 6.07) is 2.58. The number of carboxylic acids is 1. The highest BCUT2D eigenvalue weighted by Crippen LogP contribution is 2.26. The summed E-state index contributed by atoms with van der Waals surface area (Å²) in [5.41, 5.74) is 0.458. The maximum atomic E-state index is 13.5. The molecule has 1 aromatic heterocycles. The summed E-state index contributed by atoms with van der Waals surface area (Å²) in [5, 5.41) is 20.6. The van der Waals surface area contributed by atoms with E-state index in [-0.39, 0.29) is 27.3 Å². The lowest BCUT2D eigenvalue weighted by Gasteiger charge is -2.09. The first kappa shape index (κ1) is 12.2. The summed E-state index contributed by atoms with van der Waals surface area (Å²) >= 11 is 4.90. The SMILES string of the molecule is CNC(=S)Nc1cc(C(=O)O)cc2n[nH]c(F)c12. The van der Waals surface area contributed by atoms with Gasteiger partial charge in [-0.2, -0.15) is 9.49 Å². The summed E-state index contributed by atoms with van der Waals surface area (Å²) in [6.45, 7) is 0. The highest BCUT2D eigenvalue weighted by atomic mass is 32.1. The van der Waals surface area contributed by atoms with E-state index in [1.807, 2.05) is 0 Å². The number of fused-ring (bicyclic) bond motifs is 1. The third-order valence-electron chi connectivity index (χ3n) is 2.33. The number of rotatable bonds is 2. The molecule has 0 amide bonds. The Bertz CT molecular complexity index is 640. The number of carboxylic acid groups (broad SMARTS) is 1. The fraction of sp³-hybridized carbons (Fsp3) is 0.100.